The van der Waals surface area contributed by atoms with Crippen LogP contribution in [-0.4, -0.2) is 28.6 Å². The summed E-state index contributed by atoms with van der Waals surface area (Å²) in [6, 6.07) is 0. The van der Waals surface area contributed by atoms with E-state index in [0.29, 0.717) is 6.42 Å². The largest absolute Gasteiger partial charge is 1.00 e. The summed E-state index contributed by atoms with van der Waals surface area (Å²) < 4.78 is 10.3. The molecule has 0 aromatic rings. The van der Waals surface area contributed by atoms with Crippen molar-refractivity contribution >= 4 is 26.6 Å². The molecule has 1 atom stereocenters. The average molecular weight is 230 g/mol. The fourth-order valence-corrected chi connectivity index (χ4v) is 3.22. The average Bonchev–Trinajstić information content (AvgIpc) is 2.05. The standard InChI is InChI=1S/C7H16O3SSi.Na/c1-5-7(2,6(8)11)12(9-3)10-4;/h12H,5H2,1-4H3,(H,8,11);/q;+1/p-1. The summed E-state index contributed by atoms with van der Waals surface area (Å²) in [5.41, 5.74) is 0. The molecule has 13 heavy (non-hydrogen) atoms. The van der Waals surface area contributed by atoms with Gasteiger partial charge in [0.1, 0.15) is 0 Å². The molecule has 72 valence electrons. The van der Waals surface area contributed by atoms with E-state index in [0.717, 1.165) is 0 Å². The summed E-state index contributed by atoms with van der Waals surface area (Å²) in [5, 5.41) is 10.3. The number of thiocarbonyl (C=S) groups is 1. The zero-order chi connectivity index (χ0) is 9.78. The first kappa shape index (κ1) is 16.5. The van der Waals surface area contributed by atoms with E-state index in [-0.39, 0.29) is 34.6 Å². The van der Waals surface area contributed by atoms with E-state index in [9.17, 15) is 5.11 Å². The Hall–Kier alpha value is 1.03. The Balaban J connectivity index is 0. The molecule has 0 bridgehead atoms. The molecule has 0 heterocycles. The van der Waals surface area contributed by atoms with Crippen molar-refractivity contribution in [1.29, 1.82) is 0 Å². The van der Waals surface area contributed by atoms with Crippen molar-refractivity contribution < 1.29 is 43.5 Å². The molecule has 0 spiro atoms. The molecule has 0 aromatic carbocycles. The third-order valence-electron chi connectivity index (χ3n) is 2.15. The van der Waals surface area contributed by atoms with Gasteiger partial charge in [0.25, 0.3) is 0 Å². The minimum absolute atomic E-state index is 0. The van der Waals surface area contributed by atoms with Gasteiger partial charge in [-0.3, -0.25) is 0 Å². The summed E-state index contributed by atoms with van der Waals surface area (Å²) in [6.45, 7) is 3.73. The normalized spacial score (nSPS) is 14.8. The molecule has 0 N–H and O–H groups in total. The molecule has 0 saturated heterocycles. The van der Waals surface area contributed by atoms with E-state index in [1.807, 2.05) is 13.8 Å². The van der Waals surface area contributed by atoms with Crippen LogP contribution in [0.25, 0.3) is 0 Å². The number of hydrogen-bond acceptors (Lipinski definition) is 4. The Bertz CT molecular complexity index is 166. The Morgan fingerprint density at radius 2 is 1.85 bits per heavy atom. The van der Waals surface area contributed by atoms with Crippen molar-refractivity contribution in [2.75, 3.05) is 14.2 Å². The first-order chi connectivity index (χ1) is 5.52. The summed E-state index contributed by atoms with van der Waals surface area (Å²) in [5.74, 6) is 0. The van der Waals surface area contributed by atoms with Crippen molar-refractivity contribution in [2.24, 2.45) is 0 Å². The van der Waals surface area contributed by atoms with Gasteiger partial charge in [0.2, 0.25) is 0 Å². The van der Waals surface area contributed by atoms with E-state index in [1.54, 1.807) is 14.2 Å². The van der Waals surface area contributed by atoms with Gasteiger partial charge in [-0.05, 0) is 6.42 Å². The van der Waals surface area contributed by atoms with Gasteiger partial charge in [0.15, 0.2) is 0 Å². The van der Waals surface area contributed by atoms with Crippen LogP contribution in [0.4, 0.5) is 0 Å². The fraction of sp³-hybridized carbons (Fsp3) is 0.857. The van der Waals surface area contributed by atoms with Gasteiger partial charge in [-0.1, -0.05) is 18.9 Å². The van der Waals surface area contributed by atoms with Crippen LogP contribution in [-0.2, 0) is 8.85 Å². The van der Waals surface area contributed by atoms with Crippen LogP contribution in [0, 0.1) is 0 Å². The van der Waals surface area contributed by atoms with Gasteiger partial charge in [0.05, 0.1) is 0 Å². The maximum absolute atomic E-state index is 11.1. The molecule has 0 fully saturated rings. The van der Waals surface area contributed by atoms with Gasteiger partial charge >= 0.3 is 38.8 Å². The first-order valence-corrected chi connectivity index (χ1v) is 5.72. The fourth-order valence-electron chi connectivity index (χ4n) is 1.02. The molecule has 6 heteroatoms. The minimum Gasteiger partial charge on any atom is -0.867 e. The van der Waals surface area contributed by atoms with Gasteiger partial charge in [0, 0.05) is 19.3 Å². The monoisotopic (exact) mass is 230 g/mol. The molecule has 1 unspecified atom stereocenters. The Morgan fingerprint density at radius 3 is 1.92 bits per heavy atom. The number of hydrogen-bond donors (Lipinski definition) is 0. The van der Waals surface area contributed by atoms with Gasteiger partial charge in [-0.25, -0.2) is 0 Å². The van der Waals surface area contributed by atoms with Crippen LogP contribution in [0.1, 0.15) is 20.3 Å². The smallest absolute Gasteiger partial charge is 0.867 e. The van der Waals surface area contributed by atoms with Crippen LogP contribution < -0.4 is 34.7 Å². The van der Waals surface area contributed by atoms with Crippen LogP contribution in [0.2, 0.25) is 5.04 Å². The van der Waals surface area contributed by atoms with Gasteiger partial charge in [-0.15, -0.1) is 12.2 Å². The second kappa shape index (κ2) is 7.34. The molecule has 0 rings (SSSR count). The SMILES string of the molecule is CCC(C)(C([O-])=S)[SiH](OC)OC.[Na+]. The molecule has 0 aromatic heterocycles. The maximum atomic E-state index is 11.1. The second-order valence-corrected chi connectivity index (χ2v) is 6.11. The molecule has 0 aliphatic heterocycles. The summed E-state index contributed by atoms with van der Waals surface area (Å²) in [4.78, 5) is 0. The van der Waals surface area contributed by atoms with Crippen molar-refractivity contribution in [2.45, 2.75) is 25.3 Å². The number of rotatable bonds is 5. The third-order valence-corrected chi connectivity index (χ3v) is 5.39. The molecule has 0 amide bonds. The molecule has 3 nitrogen and oxygen atoms in total. The quantitative estimate of drug-likeness (QED) is 0.382. The summed E-state index contributed by atoms with van der Waals surface area (Å²) in [7, 11) is 1.19. The Labute approximate surface area is 109 Å². The molecule has 0 aliphatic carbocycles. The Kier molecular flexibility index (Phi) is 9.29. The predicted octanol–water partition coefficient (Wildman–Crippen LogP) is -2.64. The van der Waals surface area contributed by atoms with Crippen LogP contribution in [0.15, 0.2) is 0 Å². The molecule has 0 radical (unpaired) electrons. The summed E-state index contributed by atoms with van der Waals surface area (Å²) >= 11 is 4.66. The van der Waals surface area contributed by atoms with E-state index in [1.165, 1.54) is 0 Å². The molecular weight excluding hydrogens is 215 g/mol. The van der Waals surface area contributed by atoms with Gasteiger partial charge in [-0.2, -0.15) is 0 Å². The van der Waals surface area contributed by atoms with E-state index in [2.05, 4.69) is 12.2 Å². The molecule has 0 saturated carbocycles. The predicted molar refractivity (Wildman–Crippen MR) is 52.4 cm³/mol. The molecule has 0 aliphatic rings. The van der Waals surface area contributed by atoms with E-state index in [4.69, 9.17) is 8.85 Å². The minimum atomic E-state index is -1.93. The van der Waals surface area contributed by atoms with Crippen molar-refractivity contribution in [3.63, 3.8) is 0 Å². The van der Waals surface area contributed by atoms with Crippen molar-refractivity contribution in [3.05, 3.63) is 0 Å². The van der Waals surface area contributed by atoms with Crippen molar-refractivity contribution in [3.8, 4) is 0 Å². The Morgan fingerprint density at radius 1 is 1.46 bits per heavy atom. The maximum Gasteiger partial charge on any atom is 1.00 e. The molecular formula is C7H15NaO3SSi. The summed E-state index contributed by atoms with van der Waals surface area (Å²) in [6.07, 6.45) is 0.675. The zero-order valence-corrected chi connectivity index (χ0v) is 12.9. The zero-order valence-electron chi connectivity index (χ0n) is 8.92. The van der Waals surface area contributed by atoms with Crippen LogP contribution in [0.5, 0.6) is 0 Å². The van der Waals surface area contributed by atoms with Crippen LogP contribution in [0.3, 0.4) is 0 Å². The topological polar surface area (TPSA) is 41.5 Å². The van der Waals surface area contributed by atoms with E-state index >= 15 is 0 Å². The first-order valence-electron chi connectivity index (χ1n) is 3.80. The third kappa shape index (κ3) is 3.95. The second-order valence-electron chi connectivity index (χ2n) is 2.86. The van der Waals surface area contributed by atoms with Gasteiger partial charge < -0.3 is 14.0 Å². The van der Waals surface area contributed by atoms with E-state index < -0.39 is 14.3 Å². The van der Waals surface area contributed by atoms with Crippen LogP contribution >= 0.6 is 12.2 Å². The van der Waals surface area contributed by atoms with Crippen molar-refractivity contribution in [1.82, 2.24) is 0 Å².